The Balaban J connectivity index is 1.66. The Bertz CT molecular complexity index is 438. The molecule has 1 fully saturated rings. The van der Waals surface area contributed by atoms with Crippen LogP contribution in [0.15, 0.2) is 24.3 Å². The van der Waals surface area contributed by atoms with E-state index in [2.05, 4.69) is 17.6 Å². The van der Waals surface area contributed by atoms with E-state index in [-0.39, 0.29) is 5.91 Å². The van der Waals surface area contributed by atoms with Gasteiger partial charge in [-0.1, -0.05) is 23.7 Å². The number of rotatable bonds is 5. The molecule has 0 aliphatic carbocycles. The molecule has 0 radical (unpaired) electrons. The molecule has 2 rings (SSSR count). The number of piperidine rings is 1. The predicted molar refractivity (Wildman–Crippen MR) is 86.2 cm³/mol. The number of halogens is 1. The number of carbonyl (C=O) groups excluding carboxylic acids is 1. The molecule has 1 aliphatic heterocycles. The van der Waals surface area contributed by atoms with Gasteiger partial charge in [-0.25, -0.2) is 0 Å². The highest BCUT2D eigenvalue weighted by atomic mass is 35.5. The lowest BCUT2D eigenvalue weighted by atomic mass is 10.0. The van der Waals surface area contributed by atoms with Crippen LogP contribution in [0.5, 0.6) is 0 Å². The van der Waals surface area contributed by atoms with Crippen LogP contribution in [0.1, 0.15) is 25.3 Å². The third-order valence-corrected chi connectivity index (χ3v) is 4.66. The number of hydrogen-bond acceptors (Lipinski definition) is 3. The molecule has 0 bridgehead atoms. The lowest BCUT2D eigenvalue weighted by molar-refractivity contribution is -0.119. The van der Waals surface area contributed by atoms with Gasteiger partial charge >= 0.3 is 0 Å². The third-order valence-electron chi connectivity index (χ3n) is 3.40. The van der Waals surface area contributed by atoms with Gasteiger partial charge in [0.25, 0.3) is 0 Å². The van der Waals surface area contributed by atoms with Crippen molar-refractivity contribution in [3.63, 3.8) is 0 Å². The maximum Gasteiger partial charge on any atom is 0.230 e. The molecule has 1 aromatic carbocycles. The molecular formula is C15H21ClN2OS. The Hall–Kier alpha value is -0.710. The molecule has 3 nitrogen and oxygen atoms in total. The number of nitrogens with one attached hydrogen (secondary N) is 2. The van der Waals surface area contributed by atoms with E-state index < -0.39 is 0 Å². The Morgan fingerprint density at radius 2 is 2.20 bits per heavy atom. The van der Waals surface area contributed by atoms with E-state index in [1.54, 1.807) is 11.8 Å². The Morgan fingerprint density at radius 1 is 1.45 bits per heavy atom. The van der Waals surface area contributed by atoms with Crippen molar-refractivity contribution in [1.29, 1.82) is 0 Å². The van der Waals surface area contributed by atoms with Crippen LogP contribution in [0.4, 0.5) is 0 Å². The van der Waals surface area contributed by atoms with Gasteiger partial charge in [0.2, 0.25) is 5.91 Å². The van der Waals surface area contributed by atoms with E-state index in [0.29, 0.717) is 17.8 Å². The van der Waals surface area contributed by atoms with Crippen molar-refractivity contribution in [2.45, 2.75) is 37.6 Å². The number of benzene rings is 1. The molecule has 5 heteroatoms. The van der Waals surface area contributed by atoms with Gasteiger partial charge in [0.15, 0.2) is 0 Å². The predicted octanol–water partition coefficient (Wildman–Crippen LogP) is 2.83. The van der Waals surface area contributed by atoms with E-state index in [4.69, 9.17) is 11.6 Å². The molecular weight excluding hydrogens is 292 g/mol. The number of hydrogen-bond donors (Lipinski definition) is 2. The van der Waals surface area contributed by atoms with Gasteiger partial charge in [-0.2, -0.15) is 0 Å². The molecule has 110 valence electrons. The normalized spacial score (nSPS) is 22.5. The Morgan fingerprint density at radius 3 is 2.90 bits per heavy atom. The van der Waals surface area contributed by atoms with E-state index >= 15 is 0 Å². The zero-order chi connectivity index (χ0) is 14.4. The zero-order valence-electron chi connectivity index (χ0n) is 11.7. The summed E-state index contributed by atoms with van der Waals surface area (Å²) in [5.41, 5.74) is 1.20. The second-order valence-electron chi connectivity index (χ2n) is 5.26. The summed E-state index contributed by atoms with van der Waals surface area (Å²) in [5.74, 6) is 1.50. The molecule has 1 heterocycles. The second kappa shape index (κ2) is 7.91. The van der Waals surface area contributed by atoms with Crippen molar-refractivity contribution < 1.29 is 4.79 Å². The first-order chi connectivity index (χ1) is 9.63. The lowest BCUT2D eigenvalue weighted by Crippen LogP contribution is -2.47. The number of carbonyl (C=O) groups is 1. The average Bonchev–Trinajstić information content (AvgIpc) is 2.41. The second-order valence-corrected chi connectivity index (χ2v) is 6.69. The first-order valence-electron chi connectivity index (χ1n) is 6.98. The van der Waals surface area contributed by atoms with E-state index in [0.717, 1.165) is 30.2 Å². The molecule has 1 saturated heterocycles. The monoisotopic (exact) mass is 312 g/mol. The van der Waals surface area contributed by atoms with Crippen LogP contribution in [0.2, 0.25) is 5.02 Å². The minimum Gasteiger partial charge on any atom is -0.353 e. The topological polar surface area (TPSA) is 41.1 Å². The summed E-state index contributed by atoms with van der Waals surface area (Å²) < 4.78 is 0. The summed E-state index contributed by atoms with van der Waals surface area (Å²) in [4.78, 5) is 11.9. The molecule has 0 spiro atoms. The van der Waals surface area contributed by atoms with E-state index in [1.165, 1.54) is 5.56 Å². The fraction of sp³-hybridized carbons (Fsp3) is 0.533. The smallest absolute Gasteiger partial charge is 0.230 e. The minimum absolute atomic E-state index is 0.142. The molecule has 1 aliphatic rings. The van der Waals surface area contributed by atoms with Crippen molar-refractivity contribution >= 4 is 29.3 Å². The summed E-state index contributed by atoms with van der Waals surface area (Å²) in [6, 6.07) is 8.59. The maximum atomic E-state index is 11.9. The van der Waals surface area contributed by atoms with Crippen LogP contribution in [-0.2, 0) is 10.5 Å². The lowest BCUT2D eigenvalue weighted by Gasteiger charge is -2.28. The molecule has 20 heavy (non-hydrogen) atoms. The molecule has 2 N–H and O–H groups in total. The van der Waals surface area contributed by atoms with Crippen LogP contribution < -0.4 is 10.6 Å². The van der Waals surface area contributed by atoms with Crippen molar-refractivity contribution in [3.8, 4) is 0 Å². The van der Waals surface area contributed by atoms with Crippen molar-refractivity contribution in [1.82, 2.24) is 10.6 Å². The van der Waals surface area contributed by atoms with Crippen LogP contribution in [0.3, 0.4) is 0 Å². The quantitative estimate of drug-likeness (QED) is 0.878. The first-order valence-corrected chi connectivity index (χ1v) is 8.51. The Kier molecular flexibility index (Phi) is 6.20. The van der Waals surface area contributed by atoms with Gasteiger partial charge in [-0.3, -0.25) is 4.79 Å². The summed E-state index contributed by atoms with van der Waals surface area (Å²) in [5, 5.41) is 7.26. The summed E-state index contributed by atoms with van der Waals surface area (Å²) in [6.07, 6.45) is 2.05. The summed E-state index contributed by atoms with van der Waals surface area (Å²) in [7, 11) is 0. The van der Waals surface area contributed by atoms with Gasteiger partial charge in [-0.05, 0) is 44.0 Å². The Labute approximate surface area is 129 Å². The highest BCUT2D eigenvalue weighted by Gasteiger charge is 2.19. The zero-order valence-corrected chi connectivity index (χ0v) is 13.3. The van der Waals surface area contributed by atoms with Gasteiger partial charge in [0.05, 0.1) is 5.75 Å². The van der Waals surface area contributed by atoms with Gasteiger partial charge in [-0.15, -0.1) is 11.8 Å². The first kappa shape index (κ1) is 15.7. The molecule has 2 unspecified atom stereocenters. The van der Waals surface area contributed by atoms with E-state index in [1.807, 2.05) is 24.3 Å². The van der Waals surface area contributed by atoms with Crippen molar-refractivity contribution in [3.05, 3.63) is 34.9 Å². The fourth-order valence-corrected chi connectivity index (χ4v) is 3.30. The molecule has 1 amide bonds. The average molecular weight is 313 g/mol. The number of thioether (sulfide) groups is 1. The van der Waals surface area contributed by atoms with Crippen LogP contribution >= 0.6 is 23.4 Å². The van der Waals surface area contributed by atoms with Crippen LogP contribution in [0, 0.1) is 0 Å². The van der Waals surface area contributed by atoms with Crippen LogP contribution in [0.25, 0.3) is 0 Å². The van der Waals surface area contributed by atoms with E-state index in [9.17, 15) is 4.79 Å². The maximum absolute atomic E-state index is 11.9. The number of amides is 1. The molecule has 2 atom stereocenters. The molecule has 1 aromatic rings. The minimum atomic E-state index is 0.142. The summed E-state index contributed by atoms with van der Waals surface area (Å²) in [6.45, 7) is 3.15. The van der Waals surface area contributed by atoms with Gasteiger partial charge in [0.1, 0.15) is 0 Å². The molecule has 0 aromatic heterocycles. The summed E-state index contributed by atoms with van der Waals surface area (Å²) >= 11 is 7.48. The van der Waals surface area contributed by atoms with Crippen molar-refractivity contribution in [2.24, 2.45) is 0 Å². The fourth-order valence-electron chi connectivity index (χ4n) is 2.37. The highest BCUT2D eigenvalue weighted by molar-refractivity contribution is 7.99. The molecule has 0 saturated carbocycles. The van der Waals surface area contributed by atoms with Gasteiger partial charge < -0.3 is 10.6 Å². The van der Waals surface area contributed by atoms with Crippen molar-refractivity contribution in [2.75, 3.05) is 12.3 Å². The van der Waals surface area contributed by atoms with Crippen LogP contribution in [-0.4, -0.2) is 30.3 Å². The third kappa shape index (κ3) is 5.35. The standard InChI is InChI=1S/C15H21ClN2OS/c1-11-8-14(6-7-17-11)18-15(19)10-20-9-12-2-4-13(16)5-3-12/h2-5,11,14,17H,6-10H2,1H3,(H,18,19). The largest absolute Gasteiger partial charge is 0.353 e. The highest BCUT2D eigenvalue weighted by Crippen LogP contribution is 2.15. The SMILES string of the molecule is CC1CC(NC(=O)CSCc2ccc(Cl)cc2)CCN1. The van der Waals surface area contributed by atoms with Gasteiger partial charge in [0, 0.05) is 22.9 Å².